The molecule has 0 unspecified atom stereocenters. The van der Waals surface area contributed by atoms with Crippen LogP contribution in [-0.2, 0) is 14.6 Å². The van der Waals surface area contributed by atoms with Gasteiger partial charge in [-0.2, -0.15) is 4.98 Å². The van der Waals surface area contributed by atoms with Crippen molar-refractivity contribution < 1.29 is 13.2 Å². The third-order valence-electron chi connectivity index (χ3n) is 4.49. The van der Waals surface area contributed by atoms with Crippen LogP contribution in [0, 0.1) is 0 Å². The minimum atomic E-state index is -3.40. The Bertz CT molecular complexity index is 1250. The van der Waals surface area contributed by atoms with E-state index < -0.39 is 15.4 Å². The van der Waals surface area contributed by atoms with Crippen molar-refractivity contribution in [2.75, 3.05) is 48.5 Å². The molecule has 0 radical (unpaired) electrons. The smallest absolute Gasteiger partial charge is 0.261 e. The number of nitrogens with two attached hydrogens (primary N) is 1. The second-order valence-corrected chi connectivity index (χ2v) is 8.79. The SMILES string of the molecule is CS(=O)(=O)c1ccc(Nc2cc(-c3cnc(N)[nH]c3=O)nc(N3CCOCC3)n2)cn1. The minimum absolute atomic E-state index is 0.00611. The molecule has 1 aliphatic heterocycles. The van der Waals surface area contributed by atoms with Crippen LogP contribution in [0.2, 0.25) is 0 Å². The first-order chi connectivity index (χ1) is 14.8. The summed E-state index contributed by atoms with van der Waals surface area (Å²) < 4.78 is 28.6. The molecule has 3 aromatic rings. The molecule has 0 saturated carbocycles. The summed E-state index contributed by atoms with van der Waals surface area (Å²) in [4.78, 5) is 33.8. The van der Waals surface area contributed by atoms with Gasteiger partial charge in [0.25, 0.3) is 5.56 Å². The number of pyridine rings is 1. The lowest BCUT2D eigenvalue weighted by molar-refractivity contribution is 0.122. The quantitative estimate of drug-likeness (QED) is 0.491. The number of aromatic nitrogens is 5. The van der Waals surface area contributed by atoms with Crippen molar-refractivity contribution in [3.8, 4) is 11.3 Å². The van der Waals surface area contributed by atoms with Crippen molar-refractivity contribution in [1.82, 2.24) is 24.9 Å². The number of rotatable bonds is 5. The first-order valence-electron chi connectivity index (χ1n) is 9.30. The summed E-state index contributed by atoms with van der Waals surface area (Å²) in [5.41, 5.74) is 6.23. The fourth-order valence-electron chi connectivity index (χ4n) is 2.95. The van der Waals surface area contributed by atoms with Crippen LogP contribution in [0.15, 0.2) is 40.4 Å². The molecule has 0 aromatic carbocycles. The number of hydrogen-bond acceptors (Lipinski definition) is 11. The standard InChI is InChI=1S/C18H20N8O4S/c1-31(28,29)15-3-2-11(9-20-15)22-14-8-13(12-10-21-17(19)25-16(12)27)23-18(24-14)26-4-6-30-7-5-26/h2-3,8-10H,4-7H2,1H3,(H,22,23,24)(H3,19,21,25,27). The third kappa shape index (κ3) is 4.78. The third-order valence-corrected chi connectivity index (χ3v) is 5.49. The van der Waals surface area contributed by atoms with Gasteiger partial charge in [0.15, 0.2) is 20.8 Å². The maximum Gasteiger partial charge on any atom is 0.261 e. The van der Waals surface area contributed by atoms with Gasteiger partial charge in [-0.25, -0.2) is 23.4 Å². The highest BCUT2D eigenvalue weighted by Gasteiger charge is 2.18. The van der Waals surface area contributed by atoms with Crippen LogP contribution in [0.5, 0.6) is 0 Å². The average molecular weight is 444 g/mol. The zero-order valence-electron chi connectivity index (χ0n) is 16.6. The molecular weight excluding hydrogens is 424 g/mol. The molecule has 0 atom stereocenters. The number of sulfone groups is 1. The zero-order chi connectivity index (χ0) is 22.0. The number of nitrogens with one attached hydrogen (secondary N) is 2. The molecule has 0 amide bonds. The Labute approximate surface area is 177 Å². The molecule has 1 aliphatic rings. The number of anilines is 4. The van der Waals surface area contributed by atoms with Crippen molar-refractivity contribution in [2.45, 2.75) is 5.03 Å². The summed E-state index contributed by atoms with van der Waals surface area (Å²) in [5.74, 6) is 0.823. The number of hydrogen-bond donors (Lipinski definition) is 3. The number of aromatic amines is 1. The van der Waals surface area contributed by atoms with Crippen LogP contribution in [0.1, 0.15) is 0 Å². The Hall–Kier alpha value is -3.58. The van der Waals surface area contributed by atoms with Crippen LogP contribution in [0.4, 0.5) is 23.4 Å². The lowest BCUT2D eigenvalue weighted by Gasteiger charge is -2.27. The van der Waals surface area contributed by atoms with Crippen molar-refractivity contribution >= 4 is 33.2 Å². The molecule has 13 heteroatoms. The predicted octanol–water partition coefficient (Wildman–Crippen LogP) is 0.188. The Balaban J connectivity index is 1.73. The second kappa shape index (κ2) is 8.28. The van der Waals surface area contributed by atoms with Crippen molar-refractivity contribution in [3.05, 3.63) is 40.9 Å². The van der Waals surface area contributed by atoms with E-state index >= 15 is 0 Å². The van der Waals surface area contributed by atoms with E-state index in [0.717, 1.165) is 6.26 Å². The fraction of sp³-hybridized carbons (Fsp3) is 0.278. The number of morpholine rings is 1. The second-order valence-electron chi connectivity index (χ2n) is 6.83. The van der Waals surface area contributed by atoms with E-state index in [2.05, 4.69) is 30.2 Å². The molecule has 0 bridgehead atoms. The Morgan fingerprint density at radius 2 is 1.94 bits per heavy atom. The maximum absolute atomic E-state index is 12.4. The molecule has 1 fully saturated rings. The van der Waals surface area contributed by atoms with E-state index in [4.69, 9.17) is 10.5 Å². The summed E-state index contributed by atoms with van der Waals surface area (Å²) in [6.45, 7) is 2.28. The minimum Gasteiger partial charge on any atom is -0.378 e. The van der Waals surface area contributed by atoms with Gasteiger partial charge in [-0.15, -0.1) is 0 Å². The first kappa shape index (κ1) is 20.7. The Morgan fingerprint density at radius 1 is 1.16 bits per heavy atom. The predicted molar refractivity (Wildman–Crippen MR) is 114 cm³/mol. The normalized spacial score (nSPS) is 14.4. The molecule has 4 heterocycles. The lowest BCUT2D eigenvalue weighted by atomic mass is 10.2. The molecule has 31 heavy (non-hydrogen) atoms. The molecule has 0 spiro atoms. The van der Waals surface area contributed by atoms with E-state index in [1.54, 1.807) is 12.1 Å². The molecule has 4 N–H and O–H groups in total. The number of H-pyrrole nitrogens is 1. The highest BCUT2D eigenvalue weighted by molar-refractivity contribution is 7.90. The Morgan fingerprint density at radius 3 is 2.58 bits per heavy atom. The highest BCUT2D eigenvalue weighted by atomic mass is 32.2. The van der Waals surface area contributed by atoms with Gasteiger partial charge < -0.3 is 20.7 Å². The van der Waals surface area contributed by atoms with E-state index in [1.807, 2.05) is 4.90 Å². The topological polar surface area (TPSA) is 169 Å². The maximum atomic E-state index is 12.4. The van der Waals surface area contributed by atoms with Crippen molar-refractivity contribution in [3.63, 3.8) is 0 Å². The largest absolute Gasteiger partial charge is 0.378 e. The molecular formula is C18H20N8O4S. The average Bonchev–Trinajstić information content (AvgIpc) is 2.74. The molecule has 0 aliphatic carbocycles. The number of nitrogens with zero attached hydrogens (tertiary/aromatic N) is 5. The Kier molecular flexibility index (Phi) is 5.52. The van der Waals surface area contributed by atoms with Crippen LogP contribution < -0.4 is 21.5 Å². The van der Waals surface area contributed by atoms with Gasteiger partial charge in [-0.05, 0) is 12.1 Å². The van der Waals surface area contributed by atoms with Crippen LogP contribution in [0.25, 0.3) is 11.3 Å². The number of ether oxygens (including phenoxy) is 1. The van der Waals surface area contributed by atoms with Crippen LogP contribution in [0.3, 0.4) is 0 Å². The molecule has 1 saturated heterocycles. The summed E-state index contributed by atoms with van der Waals surface area (Å²) in [6, 6.07) is 4.57. The van der Waals surface area contributed by atoms with E-state index in [1.165, 1.54) is 18.5 Å². The van der Waals surface area contributed by atoms with Gasteiger partial charge >= 0.3 is 0 Å². The van der Waals surface area contributed by atoms with E-state index in [9.17, 15) is 13.2 Å². The van der Waals surface area contributed by atoms with Crippen molar-refractivity contribution in [1.29, 1.82) is 0 Å². The summed E-state index contributed by atoms with van der Waals surface area (Å²) in [6.07, 6.45) is 3.84. The monoisotopic (exact) mass is 444 g/mol. The van der Waals surface area contributed by atoms with E-state index in [0.29, 0.717) is 49.5 Å². The summed E-state index contributed by atoms with van der Waals surface area (Å²) in [7, 11) is -3.40. The molecule has 3 aromatic heterocycles. The van der Waals surface area contributed by atoms with Crippen molar-refractivity contribution in [2.24, 2.45) is 0 Å². The highest BCUT2D eigenvalue weighted by Crippen LogP contribution is 2.24. The number of nitrogen functional groups attached to an aromatic ring is 1. The van der Waals surface area contributed by atoms with Gasteiger partial charge in [0.2, 0.25) is 5.95 Å². The summed E-state index contributed by atoms with van der Waals surface area (Å²) in [5, 5.41) is 3.05. The van der Waals surface area contributed by atoms with Gasteiger partial charge in [-0.1, -0.05) is 0 Å². The molecule has 4 rings (SSSR count). The fourth-order valence-corrected chi connectivity index (χ4v) is 3.51. The first-order valence-corrected chi connectivity index (χ1v) is 11.2. The molecule has 12 nitrogen and oxygen atoms in total. The summed E-state index contributed by atoms with van der Waals surface area (Å²) >= 11 is 0. The lowest BCUT2D eigenvalue weighted by Crippen LogP contribution is -2.37. The van der Waals surface area contributed by atoms with Gasteiger partial charge in [-0.3, -0.25) is 9.78 Å². The van der Waals surface area contributed by atoms with Crippen LogP contribution >= 0.6 is 0 Å². The van der Waals surface area contributed by atoms with Crippen LogP contribution in [-0.4, -0.2) is 65.9 Å². The van der Waals surface area contributed by atoms with Gasteiger partial charge in [0.1, 0.15) is 5.82 Å². The van der Waals surface area contributed by atoms with Gasteiger partial charge in [0.05, 0.1) is 36.4 Å². The van der Waals surface area contributed by atoms with Gasteiger partial charge in [0, 0.05) is 31.6 Å². The van der Waals surface area contributed by atoms with E-state index in [-0.39, 0.29) is 16.5 Å². The molecule has 162 valence electrons. The zero-order valence-corrected chi connectivity index (χ0v) is 17.4.